The van der Waals surface area contributed by atoms with Gasteiger partial charge >= 0.3 is 0 Å². The summed E-state index contributed by atoms with van der Waals surface area (Å²) in [7, 11) is 0. The van der Waals surface area contributed by atoms with Crippen molar-refractivity contribution in [2.75, 3.05) is 26.2 Å². The molecule has 2 N–H and O–H groups in total. The fourth-order valence-electron chi connectivity index (χ4n) is 4.30. The molecule has 2 aromatic rings. The fraction of sp³-hybridized carbons (Fsp3) is 0.450. The molecule has 0 bridgehead atoms. The van der Waals surface area contributed by atoms with Crippen LogP contribution >= 0.6 is 0 Å². The van der Waals surface area contributed by atoms with E-state index in [-0.39, 0.29) is 30.0 Å². The Morgan fingerprint density at radius 1 is 1.32 bits per heavy atom. The Morgan fingerprint density at radius 2 is 2.14 bits per heavy atom. The lowest BCUT2D eigenvalue weighted by atomic mass is 9.99. The molecule has 28 heavy (non-hydrogen) atoms. The van der Waals surface area contributed by atoms with Crippen LogP contribution in [0.1, 0.15) is 41.3 Å². The molecular weight excluding hydrogens is 363 g/mol. The van der Waals surface area contributed by atoms with Crippen molar-refractivity contribution in [1.29, 1.82) is 5.26 Å². The highest BCUT2D eigenvalue weighted by atomic mass is 19.1. The average Bonchev–Trinajstić information content (AvgIpc) is 3.38. The van der Waals surface area contributed by atoms with Gasteiger partial charge in [-0.25, -0.2) is 4.39 Å². The van der Waals surface area contributed by atoms with E-state index in [0.29, 0.717) is 42.8 Å². The molecular formula is C20H21FN4O3. The van der Waals surface area contributed by atoms with E-state index in [2.05, 4.69) is 6.07 Å². The lowest BCUT2D eigenvalue weighted by Crippen LogP contribution is -2.41. The Kier molecular flexibility index (Phi) is 4.77. The summed E-state index contributed by atoms with van der Waals surface area (Å²) in [5.41, 5.74) is 6.15. The van der Waals surface area contributed by atoms with Crippen molar-refractivity contribution < 1.29 is 18.4 Å². The normalized spacial score (nSPS) is 22.6. The largest absolute Gasteiger partial charge is 0.460 e. The lowest BCUT2D eigenvalue weighted by Gasteiger charge is -2.23. The number of fused-ring (bicyclic) bond motifs is 1. The van der Waals surface area contributed by atoms with Crippen LogP contribution in [0.4, 0.5) is 4.39 Å². The fourth-order valence-corrected chi connectivity index (χ4v) is 4.30. The van der Waals surface area contributed by atoms with Gasteiger partial charge in [0.15, 0.2) is 0 Å². The SMILES string of the molecule is N#C[C@@H]1CCCN1C(=O)CN1CC[C@H](c2oc3cc(F)ccc3c2C(N)=O)C1. The minimum atomic E-state index is -0.608. The van der Waals surface area contributed by atoms with Crippen molar-refractivity contribution >= 4 is 22.8 Å². The maximum Gasteiger partial charge on any atom is 0.252 e. The van der Waals surface area contributed by atoms with Crippen molar-refractivity contribution in [2.24, 2.45) is 5.73 Å². The minimum Gasteiger partial charge on any atom is -0.460 e. The summed E-state index contributed by atoms with van der Waals surface area (Å²) >= 11 is 0. The number of likely N-dealkylation sites (tertiary alicyclic amines) is 2. The van der Waals surface area contributed by atoms with Gasteiger partial charge in [0.05, 0.1) is 18.2 Å². The van der Waals surface area contributed by atoms with Crippen molar-refractivity contribution in [3.8, 4) is 6.07 Å². The summed E-state index contributed by atoms with van der Waals surface area (Å²) < 4.78 is 19.3. The number of benzene rings is 1. The van der Waals surface area contributed by atoms with E-state index >= 15 is 0 Å². The Morgan fingerprint density at radius 3 is 2.89 bits per heavy atom. The number of rotatable bonds is 4. The highest BCUT2D eigenvalue weighted by Crippen LogP contribution is 2.36. The number of hydrogen-bond acceptors (Lipinski definition) is 5. The highest BCUT2D eigenvalue weighted by Gasteiger charge is 2.34. The second-order valence-electron chi connectivity index (χ2n) is 7.44. The zero-order valence-electron chi connectivity index (χ0n) is 15.4. The van der Waals surface area contributed by atoms with Crippen LogP contribution in [0.5, 0.6) is 0 Å². The molecule has 8 heteroatoms. The van der Waals surface area contributed by atoms with Gasteiger partial charge in [-0.15, -0.1) is 0 Å². The van der Waals surface area contributed by atoms with Gasteiger partial charge in [-0.05, 0) is 37.9 Å². The molecule has 2 saturated heterocycles. The third-order valence-electron chi connectivity index (χ3n) is 5.65. The van der Waals surface area contributed by atoms with Gasteiger partial charge in [-0.2, -0.15) is 5.26 Å². The summed E-state index contributed by atoms with van der Waals surface area (Å²) in [5.74, 6) is -0.745. The van der Waals surface area contributed by atoms with Crippen LogP contribution in [0.15, 0.2) is 22.6 Å². The topological polar surface area (TPSA) is 104 Å². The quantitative estimate of drug-likeness (QED) is 0.868. The smallest absolute Gasteiger partial charge is 0.252 e. The molecule has 2 fully saturated rings. The van der Waals surface area contributed by atoms with Crippen LogP contribution in [0.2, 0.25) is 0 Å². The summed E-state index contributed by atoms with van der Waals surface area (Å²) in [4.78, 5) is 28.2. The van der Waals surface area contributed by atoms with E-state index in [0.717, 1.165) is 12.8 Å². The first kappa shape index (κ1) is 18.4. The monoisotopic (exact) mass is 384 g/mol. The molecule has 0 spiro atoms. The van der Waals surface area contributed by atoms with Crippen molar-refractivity contribution in [2.45, 2.75) is 31.2 Å². The van der Waals surface area contributed by atoms with Crippen LogP contribution in [-0.2, 0) is 4.79 Å². The number of carbonyl (C=O) groups is 2. The van der Waals surface area contributed by atoms with E-state index in [1.807, 2.05) is 4.90 Å². The number of halogens is 1. The second kappa shape index (κ2) is 7.24. The molecule has 3 heterocycles. The maximum atomic E-state index is 13.5. The van der Waals surface area contributed by atoms with Crippen LogP contribution < -0.4 is 5.73 Å². The standard InChI is InChI=1S/C20H21FN4O3/c21-13-3-4-15-16(8-13)28-19(18(15)20(23)27)12-5-7-24(10-12)11-17(26)25-6-1-2-14(25)9-22/h3-4,8,12,14H,1-2,5-7,10-11H2,(H2,23,27)/t12-,14-/m0/s1. The molecule has 0 radical (unpaired) electrons. The number of nitrogens with zero attached hydrogens (tertiary/aromatic N) is 3. The zero-order chi connectivity index (χ0) is 19.8. The van der Waals surface area contributed by atoms with Gasteiger partial charge in [-0.3, -0.25) is 14.5 Å². The Balaban J connectivity index is 1.51. The maximum absolute atomic E-state index is 13.5. The minimum absolute atomic E-state index is 0.0495. The van der Waals surface area contributed by atoms with Crippen molar-refractivity contribution in [1.82, 2.24) is 9.80 Å². The van der Waals surface area contributed by atoms with Gasteiger partial charge in [0, 0.05) is 30.5 Å². The molecule has 0 unspecified atom stereocenters. The van der Waals surface area contributed by atoms with Crippen LogP contribution in [0, 0.1) is 17.1 Å². The van der Waals surface area contributed by atoms with E-state index < -0.39 is 11.7 Å². The molecule has 0 aliphatic carbocycles. The number of nitriles is 1. The summed E-state index contributed by atoms with van der Waals surface area (Å²) in [5, 5.41) is 9.67. The third-order valence-corrected chi connectivity index (χ3v) is 5.65. The summed E-state index contributed by atoms with van der Waals surface area (Å²) in [6, 6.07) is 5.87. The molecule has 146 valence electrons. The Hall–Kier alpha value is -2.92. The number of carbonyl (C=O) groups excluding carboxylic acids is 2. The number of nitrogens with two attached hydrogens (primary N) is 1. The van der Waals surface area contributed by atoms with E-state index in [4.69, 9.17) is 15.4 Å². The molecule has 2 atom stereocenters. The summed E-state index contributed by atoms with van der Waals surface area (Å²) in [6.07, 6.45) is 2.28. The van der Waals surface area contributed by atoms with Crippen LogP contribution in [0.3, 0.4) is 0 Å². The molecule has 2 aliphatic rings. The van der Waals surface area contributed by atoms with Gasteiger partial charge in [0.2, 0.25) is 5.91 Å². The van der Waals surface area contributed by atoms with Gasteiger partial charge in [-0.1, -0.05) is 0 Å². The predicted octanol–water partition coefficient (Wildman–Crippen LogP) is 1.97. The molecule has 1 aromatic carbocycles. The molecule has 7 nitrogen and oxygen atoms in total. The van der Waals surface area contributed by atoms with Gasteiger partial charge < -0.3 is 15.1 Å². The number of furan rings is 1. The van der Waals surface area contributed by atoms with Crippen molar-refractivity contribution in [3.63, 3.8) is 0 Å². The Labute approximate surface area is 161 Å². The van der Waals surface area contributed by atoms with Crippen LogP contribution in [0.25, 0.3) is 11.0 Å². The van der Waals surface area contributed by atoms with E-state index in [9.17, 15) is 14.0 Å². The van der Waals surface area contributed by atoms with Crippen molar-refractivity contribution in [3.05, 3.63) is 35.3 Å². The van der Waals surface area contributed by atoms with Crippen LogP contribution in [-0.4, -0.2) is 53.8 Å². The number of hydrogen-bond donors (Lipinski definition) is 1. The molecule has 0 saturated carbocycles. The summed E-state index contributed by atoms with van der Waals surface area (Å²) in [6.45, 7) is 2.06. The number of primary amides is 1. The van der Waals surface area contributed by atoms with E-state index in [1.165, 1.54) is 18.2 Å². The second-order valence-corrected chi connectivity index (χ2v) is 7.44. The third kappa shape index (κ3) is 3.22. The Bertz CT molecular complexity index is 980. The predicted molar refractivity (Wildman–Crippen MR) is 98.8 cm³/mol. The average molecular weight is 384 g/mol. The first-order chi connectivity index (χ1) is 13.5. The number of amides is 2. The zero-order valence-corrected chi connectivity index (χ0v) is 15.4. The first-order valence-corrected chi connectivity index (χ1v) is 9.41. The first-order valence-electron chi connectivity index (χ1n) is 9.41. The molecule has 2 amide bonds. The highest BCUT2D eigenvalue weighted by molar-refractivity contribution is 6.06. The molecule has 4 rings (SSSR count). The molecule has 2 aliphatic heterocycles. The van der Waals surface area contributed by atoms with Gasteiger partial charge in [0.1, 0.15) is 23.2 Å². The van der Waals surface area contributed by atoms with Gasteiger partial charge in [0.25, 0.3) is 5.91 Å². The molecule has 1 aromatic heterocycles. The van der Waals surface area contributed by atoms with E-state index in [1.54, 1.807) is 4.90 Å². The lowest BCUT2D eigenvalue weighted by molar-refractivity contribution is -0.132.